The summed E-state index contributed by atoms with van der Waals surface area (Å²) >= 11 is 1.59. The molecule has 0 radical (unpaired) electrons. The molecule has 0 saturated heterocycles. The van der Waals surface area contributed by atoms with Gasteiger partial charge in [-0.3, -0.25) is 0 Å². The second kappa shape index (κ2) is 4.57. The van der Waals surface area contributed by atoms with Crippen molar-refractivity contribution in [3.8, 4) is 0 Å². The third-order valence-corrected chi connectivity index (χ3v) is 4.04. The maximum Gasteiger partial charge on any atom is 0.205 e. The van der Waals surface area contributed by atoms with Crippen molar-refractivity contribution in [3.63, 3.8) is 0 Å². The summed E-state index contributed by atoms with van der Waals surface area (Å²) in [5, 5.41) is 13.3. The Morgan fingerprint density at radius 1 is 1.39 bits per heavy atom. The van der Waals surface area contributed by atoms with Crippen molar-refractivity contribution >= 4 is 22.2 Å². The molecular formula is C13H16N4S. The van der Waals surface area contributed by atoms with Gasteiger partial charge < -0.3 is 10.2 Å². The Bertz CT molecular complexity index is 564. The van der Waals surface area contributed by atoms with E-state index in [1.165, 1.54) is 16.8 Å². The van der Waals surface area contributed by atoms with Crippen molar-refractivity contribution in [1.29, 1.82) is 0 Å². The lowest BCUT2D eigenvalue weighted by molar-refractivity contribution is 0.955. The minimum Gasteiger partial charge on any atom is -0.374 e. The summed E-state index contributed by atoms with van der Waals surface area (Å²) in [6.07, 6.45) is 1.15. The molecule has 0 atom stereocenters. The number of nitrogens with zero attached hydrogens (tertiary/aromatic N) is 3. The molecule has 1 aliphatic rings. The SMILES string of the molecule is Cc1nnc(NCc2ccc3c(c2)CCN3C)s1. The number of hydrogen-bond donors (Lipinski definition) is 1. The van der Waals surface area contributed by atoms with E-state index >= 15 is 0 Å². The maximum atomic E-state index is 4.06. The lowest BCUT2D eigenvalue weighted by atomic mass is 10.1. The standard InChI is InChI=1S/C13H16N4S/c1-9-15-16-13(18-9)14-8-10-3-4-12-11(7-10)5-6-17(12)2/h3-4,7H,5-6,8H2,1-2H3,(H,14,16). The van der Waals surface area contributed by atoms with Crippen molar-refractivity contribution in [1.82, 2.24) is 10.2 Å². The van der Waals surface area contributed by atoms with Crippen LogP contribution in [0, 0.1) is 6.92 Å². The van der Waals surface area contributed by atoms with Gasteiger partial charge in [0, 0.05) is 25.8 Å². The van der Waals surface area contributed by atoms with Crippen LogP contribution < -0.4 is 10.2 Å². The molecule has 0 spiro atoms. The highest BCUT2D eigenvalue weighted by Crippen LogP contribution is 2.27. The third-order valence-electron chi connectivity index (χ3n) is 3.24. The van der Waals surface area contributed by atoms with E-state index in [1.807, 2.05) is 6.92 Å². The summed E-state index contributed by atoms with van der Waals surface area (Å²) in [6.45, 7) is 3.90. The summed E-state index contributed by atoms with van der Waals surface area (Å²) in [4.78, 5) is 2.31. The number of likely N-dealkylation sites (N-methyl/N-ethyl adjacent to an activating group) is 1. The number of hydrogen-bond acceptors (Lipinski definition) is 5. The van der Waals surface area contributed by atoms with Gasteiger partial charge in [0.15, 0.2) is 0 Å². The lowest BCUT2D eigenvalue weighted by Crippen LogP contribution is -2.12. The van der Waals surface area contributed by atoms with Crippen molar-refractivity contribution in [3.05, 3.63) is 34.3 Å². The first-order chi connectivity index (χ1) is 8.72. The van der Waals surface area contributed by atoms with Gasteiger partial charge in [-0.1, -0.05) is 23.5 Å². The molecule has 1 aliphatic heterocycles. The molecule has 18 heavy (non-hydrogen) atoms. The number of rotatable bonds is 3. The predicted molar refractivity (Wildman–Crippen MR) is 75.4 cm³/mol. The summed E-state index contributed by atoms with van der Waals surface area (Å²) in [5.41, 5.74) is 4.12. The van der Waals surface area contributed by atoms with Crippen LogP contribution in [0.1, 0.15) is 16.1 Å². The molecule has 4 nitrogen and oxygen atoms in total. The van der Waals surface area contributed by atoms with E-state index in [1.54, 1.807) is 11.3 Å². The topological polar surface area (TPSA) is 41.1 Å². The first kappa shape index (κ1) is 11.5. The average molecular weight is 260 g/mol. The van der Waals surface area contributed by atoms with Crippen molar-refractivity contribution < 1.29 is 0 Å². The molecule has 5 heteroatoms. The predicted octanol–water partition coefficient (Wildman–Crippen LogP) is 2.45. The molecule has 0 bridgehead atoms. The first-order valence-corrected chi connectivity index (χ1v) is 6.91. The number of nitrogens with one attached hydrogen (secondary N) is 1. The van der Waals surface area contributed by atoms with E-state index < -0.39 is 0 Å². The van der Waals surface area contributed by atoms with Crippen LogP contribution in [0.3, 0.4) is 0 Å². The lowest BCUT2D eigenvalue weighted by Gasteiger charge is -2.12. The van der Waals surface area contributed by atoms with Gasteiger partial charge >= 0.3 is 0 Å². The monoisotopic (exact) mass is 260 g/mol. The molecule has 2 aromatic rings. The number of aryl methyl sites for hydroxylation is 1. The largest absolute Gasteiger partial charge is 0.374 e. The zero-order valence-corrected chi connectivity index (χ0v) is 11.4. The molecular weight excluding hydrogens is 244 g/mol. The Hall–Kier alpha value is -1.62. The van der Waals surface area contributed by atoms with E-state index in [0.717, 1.165) is 29.6 Å². The van der Waals surface area contributed by atoms with Gasteiger partial charge in [0.25, 0.3) is 0 Å². The zero-order valence-electron chi connectivity index (χ0n) is 10.6. The molecule has 0 amide bonds. The smallest absolute Gasteiger partial charge is 0.205 e. The Labute approximate surface area is 111 Å². The van der Waals surface area contributed by atoms with E-state index in [4.69, 9.17) is 0 Å². The van der Waals surface area contributed by atoms with Crippen LogP contribution in [0.15, 0.2) is 18.2 Å². The Kier molecular flexibility index (Phi) is 2.91. The summed E-state index contributed by atoms with van der Waals surface area (Å²) in [7, 11) is 2.15. The number of benzene rings is 1. The Morgan fingerprint density at radius 3 is 3.06 bits per heavy atom. The highest BCUT2D eigenvalue weighted by atomic mass is 32.1. The minimum atomic E-state index is 0.811. The van der Waals surface area contributed by atoms with Crippen molar-refractivity contribution in [2.75, 3.05) is 23.8 Å². The molecule has 1 aromatic carbocycles. The van der Waals surface area contributed by atoms with Crippen LogP contribution in [-0.4, -0.2) is 23.8 Å². The molecule has 1 aromatic heterocycles. The molecule has 0 saturated carbocycles. The summed E-state index contributed by atoms with van der Waals surface area (Å²) in [5.74, 6) is 0. The molecule has 3 rings (SSSR count). The van der Waals surface area contributed by atoms with Gasteiger partial charge in [0.05, 0.1) is 0 Å². The van der Waals surface area contributed by atoms with Crippen molar-refractivity contribution in [2.45, 2.75) is 19.9 Å². The molecule has 94 valence electrons. The van der Waals surface area contributed by atoms with Crippen LogP contribution in [-0.2, 0) is 13.0 Å². The fourth-order valence-corrected chi connectivity index (χ4v) is 2.86. The van der Waals surface area contributed by atoms with Gasteiger partial charge in [0.1, 0.15) is 5.01 Å². The molecule has 2 heterocycles. The van der Waals surface area contributed by atoms with E-state index in [-0.39, 0.29) is 0 Å². The van der Waals surface area contributed by atoms with Crippen LogP contribution in [0.4, 0.5) is 10.8 Å². The van der Waals surface area contributed by atoms with Gasteiger partial charge in [-0.25, -0.2) is 0 Å². The van der Waals surface area contributed by atoms with Gasteiger partial charge in [-0.2, -0.15) is 0 Å². The van der Waals surface area contributed by atoms with E-state index in [2.05, 4.69) is 45.7 Å². The molecule has 1 N–H and O–H groups in total. The third kappa shape index (κ3) is 2.18. The highest BCUT2D eigenvalue weighted by molar-refractivity contribution is 7.15. The molecule has 0 fully saturated rings. The highest BCUT2D eigenvalue weighted by Gasteiger charge is 2.15. The minimum absolute atomic E-state index is 0.811. The average Bonchev–Trinajstić information content (AvgIpc) is 2.94. The molecule has 0 aliphatic carbocycles. The Balaban J connectivity index is 1.70. The normalized spacial score (nSPS) is 13.8. The zero-order chi connectivity index (χ0) is 12.5. The number of aromatic nitrogens is 2. The van der Waals surface area contributed by atoms with Crippen LogP contribution in [0.2, 0.25) is 0 Å². The first-order valence-electron chi connectivity index (χ1n) is 6.09. The van der Waals surface area contributed by atoms with Gasteiger partial charge in [-0.15, -0.1) is 10.2 Å². The number of fused-ring (bicyclic) bond motifs is 1. The second-order valence-corrected chi connectivity index (χ2v) is 5.80. The molecule has 0 unspecified atom stereocenters. The fourth-order valence-electron chi connectivity index (χ4n) is 2.28. The van der Waals surface area contributed by atoms with Crippen LogP contribution in [0.5, 0.6) is 0 Å². The van der Waals surface area contributed by atoms with Crippen LogP contribution >= 0.6 is 11.3 Å². The summed E-state index contributed by atoms with van der Waals surface area (Å²) in [6, 6.07) is 6.69. The fraction of sp³-hybridized carbons (Fsp3) is 0.385. The second-order valence-electron chi connectivity index (χ2n) is 4.61. The van der Waals surface area contributed by atoms with Crippen LogP contribution in [0.25, 0.3) is 0 Å². The number of anilines is 2. The maximum absolute atomic E-state index is 4.06. The summed E-state index contributed by atoms with van der Waals surface area (Å²) < 4.78 is 0. The Morgan fingerprint density at radius 2 is 2.28 bits per heavy atom. The quantitative estimate of drug-likeness (QED) is 0.920. The van der Waals surface area contributed by atoms with E-state index in [9.17, 15) is 0 Å². The van der Waals surface area contributed by atoms with Gasteiger partial charge in [-0.05, 0) is 30.5 Å². The van der Waals surface area contributed by atoms with Gasteiger partial charge in [0.2, 0.25) is 5.13 Å². The van der Waals surface area contributed by atoms with Crippen molar-refractivity contribution in [2.24, 2.45) is 0 Å². The van der Waals surface area contributed by atoms with E-state index in [0.29, 0.717) is 0 Å².